The Morgan fingerprint density at radius 1 is 1.61 bits per heavy atom. The summed E-state index contributed by atoms with van der Waals surface area (Å²) in [4.78, 5) is 34.7. The van der Waals surface area contributed by atoms with Crippen molar-refractivity contribution >= 4 is 39.6 Å². The first-order valence-electron chi connectivity index (χ1n) is 5.21. The second-order valence-corrected chi connectivity index (χ2v) is 6.71. The molecule has 2 saturated heterocycles. The van der Waals surface area contributed by atoms with E-state index in [0.717, 1.165) is 16.7 Å². The maximum Gasteiger partial charge on any atom is 0.331 e. The number of rotatable bonds is 3. The molecule has 6 nitrogen and oxygen atoms in total. The van der Waals surface area contributed by atoms with E-state index >= 15 is 0 Å². The largest absolute Gasteiger partial charge is 0.479 e. The lowest BCUT2D eigenvalue weighted by atomic mass is 10.1. The van der Waals surface area contributed by atoms with E-state index < -0.39 is 28.2 Å². The maximum atomic E-state index is 12.0. The molecule has 0 bridgehead atoms. The highest BCUT2D eigenvalue weighted by Gasteiger charge is 2.56. The van der Waals surface area contributed by atoms with E-state index in [4.69, 9.17) is 5.11 Å². The van der Waals surface area contributed by atoms with Crippen LogP contribution in [0.2, 0.25) is 0 Å². The van der Waals surface area contributed by atoms with Crippen molar-refractivity contribution in [3.05, 3.63) is 11.0 Å². The Morgan fingerprint density at radius 3 is 2.78 bits per heavy atom. The van der Waals surface area contributed by atoms with E-state index in [0.29, 0.717) is 0 Å². The van der Waals surface area contributed by atoms with Crippen LogP contribution >= 0.6 is 11.8 Å². The topological polar surface area (TPSA) is 91.8 Å². The average molecular weight is 289 g/mol. The summed E-state index contributed by atoms with van der Waals surface area (Å²) >= 11 is 1.01. The van der Waals surface area contributed by atoms with Crippen molar-refractivity contribution in [3.63, 3.8) is 0 Å². The third-order valence-electron chi connectivity index (χ3n) is 2.78. The zero-order valence-electron chi connectivity index (χ0n) is 9.49. The smallest absolute Gasteiger partial charge is 0.331 e. The van der Waals surface area contributed by atoms with Gasteiger partial charge in [-0.15, -0.1) is 0 Å². The van der Waals surface area contributed by atoms with Crippen LogP contribution < -0.4 is 0 Å². The number of aliphatic carboxylic acids is 1. The molecule has 0 aliphatic carbocycles. The molecule has 18 heavy (non-hydrogen) atoms. The van der Waals surface area contributed by atoms with Crippen LogP contribution in [0.5, 0.6) is 0 Å². The van der Waals surface area contributed by atoms with Gasteiger partial charge in [-0.2, -0.15) is 0 Å². The molecule has 2 aliphatic heterocycles. The summed E-state index contributed by atoms with van der Waals surface area (Å²) in [6.07, 6.45) is 1.63. The Kier molecular flexibility index (Phi) is 3.58. The van der Waals surface area contributed by atoms with Gasteiger partial charge in [-0.25, -0.2) is 4.79 Å². The quantitative estimate of drug-likeness (QED) is 0.731. The van der Waals surface area contributed by atoms with Gasteiger partial charge in [-0.05, 0) is 0 Å². The van der Waals surface area contributed by atoms with Gasteiger partial charge in [-0.1, -0.05) is 17.8 Å². The van der Waals surface area contributed by atoms with Crippen LogP contribution in [-0.2, 0) is 25.2 Å². The molecule has 0 radical (unpaired) electrons. The first-order valence-corrected chi connectivity index (χ1v) is 7.41. The molecule has 0 aromatic heterocycles. The van der Waals surface area contributed by atoms with Crippen LogP contribution in [0.15, 0.2) is 11.0 Å². The Bertz CT molecular complexity index is 487. The average Bonchev–Trinajstić information content (AvgIpc) is 2.48. The molecular formula is C10H11NO5S2. The van der Waals surface area contributed by atoms with Gasteiger partial charge in [0.1, 0.15) is 5.37 Å². The summed E-state index contributed by atoms with van der Waals surface area (Å²) in [5.74, 6) is -1.20. The molecule has 2 fully saturated rings. The molecule has 98 valence electrons. The van der Waals surface area contributed by atoms with E-state index in [1.54, 1.807) is 0 Å². The molecule has 1 N–H and O–H groups in total. The van der Waals surface area contributed by atoms with Gasteiger partial charge in [0.05, 0.1) is 17.2 Å². The summed E-state index contributed by atoms with van der Waals surface area (Å²) in [6.45, 7) is 1.40. The Labute approximate surface area is 110 Å². The summed E-state index contributed by atoms with van der Waals surface area (Å²) < 4.78 is 12.0. The third-order valence-corrected chi connectivity index (χ3v) is 5.26. The van der Waals surface area contributed by atoms with Gasteiger partial charge in [0, 0.05) is 17.6 Å². The van der Waals surface area contributed by atoms with Crippen LogP contribution in [0, 0.1) is 0 Å². The molecule has 0 spiro atoms. The lowest BCUT2D eigenvalue weighted by Crippen LogP contribution is -2.55. The Morgan fingerprint density at radius 2 is 2.28 bits per heavy atom. The molecule has 2 rings (SSSR count). The Hall–Kier alpha value is -1.15. The molecule has 0 aromatic rings. The Balaban J connectivity index is 2.22. The summed E-state index contributed by atoms with van der Waals surface area (Å²) in [7, 11) is -1.47. The van der Waals surface area contributed by atoms with E-state index in [9.17, 15) is 18.6 Å². The van der Waals surface area contributed by atoms with Crippen LogP contribution in [0.25, 0.3) is 0 Å². The van der Waals surface area contributed by atoms with Crippen molar-refractivity contribution in [1.82, 2.24) is 4.90 Å². The van der Waals surface area contributed by atoms with E-state index in [-0.39, 0.29) is 28.1 Å². The fraction of sp³-hybridized carbons (Fsp3) is 0.500. The minimum absolute atomic E-state index is 0.0955. The number of amides is 1. The maximum absolute atomic E-state index is 12.0. The SMILES string of the molecule is CC(=O)SCC=C1C(C(=O)O)N2C(=O)C[C@H]2S1=O. The number of carboxylic acids is 1. The molecule has 3 atom stereocenters. The van der Waals surface area contributed by atoms with Crippen LogP contribution in [-0.4, -0.2) is 48.4 Å². The lowest BCUT2D eigenvalue weighted by molar-refractivity contribution is -0.154. The molecule has 0 saturated carbocycles. The monoisotopic (exact) mass is 289 g/mol. The van der Waals surface area contributed by atoms with Crippen molar-refractivity contribution < 1.29 is 23.7 Å². The highest BCUT2D eigenvalue weighted by molar-refractivity contribution is 8.13. The number of carbonyl (C=O) groups is 3. The van der Waals surface area contributed by atoms with Gasteiger partial charge in [0.2, 0.25) is 5.91 Å². The zero-order valence-corrected chi connectivity index (χ0v) is 11.1. The van der Waals surface area contributed by atoms with Gasteiger partial charge in [0.15, 0.2) is 11.2 Å². The van der Waals surface area contributed by atoms with Crippen molar-refractivity contribution in [2.45, 2.75) is 24.8 Å². The number of fused-ring (bicyclic) bond motifs is 1. The fourth-order valence-corrected chi connectivity index (χ4v) is 4.31. The molecule has 2 unspecified atom stereocenters. The van der Waals surface area contributed by atoms with Gasteiger partial charge in [0.25, 0.3) is 0 Å². The molecule has 8 heteroatoms. The molecule has 2 heterocycles. The molecule has 0 aromatic carbocycles. The first kappa shape index (κ1) is 13.3. The minimum Gasteiger partial charge on any atom is -0.479 e. The number of hydrogen-bond acceptors (Lipinski definition) is 5. The van der Waals surface area contributed by atoms with E-state index in [2.05, 4.69) is 0 Å². The van der Waals surface area contributed by atoms with Crippen molar-refractivity contribution in [2.75, 3.05) is 5.75 Å². The summed E-state index contributed by atoms with van der Waals surface area (Å²) in [6, 6.07) is -1.13. The minimum atomic E-state index is -1.47. The molecule has 2 aliphatic rings. The van der Waals surface area contributed by atoms with Gasteiger partial charge >= 0.3 is 5.97 Å². The number of carboxylic acid groups (broad SMARTS) is 1. The van der Waals surface area contributed by atoms with Crippen molar-refractivity contribution in [2.24, 2.45) is 0 Å². The van der Waals surface area contributed by atoms with Gasteiger partial charge in [-0.3, -0.25) is 13.8 Å². The van der Waals surface area contributed by atoms with E-state index in [1.165, 1.54) is 13.0 Å². The standard InChI is InChI=1S/C10H11NO5S2/c1-5(12)17-3-2-6-9(10(14)15)11-7(13)4-8(11)18(6)16/h2,8-9H,3-4H2,1H3,(H,14,15)/t8-,9?,18?/m1/s1. The van der Waals surface area contributed by atoms with Crippen LogP contribution in [0.4, 0.5) is 0 Å². The fourth-order valence-electron chi connectivity index (χ4n) is 1.97. The predicted octanol–water partition coefficient (Wildman–Crippen LogP) is -0.0761. The number of nitrogens with zero attached hydrogens (tertiary/aromatic N) is 1. The van der Waals surface area contributed by atoms with Gasteiger partial charge < -0.3 is 10.0 Å². The molecular weight excluding hydrogens is 278 g/mol. The molecule has 1 amide bonds. The summed E-state index contributed by atoms with van der Waals surface area (Å²) in [5.41, 5.74) is 0. The second-order valence-electron chi connectivity index (χ2n) is 3.91. The summed E-state index contributed by atoms with van der Waals surface area (Å²) in [5, 5.41) is 8.50. The first-order chi connectivity index (χ1) is 8.43. The zero-order chi connectivity index (χ0) is 13.4. The highest BCUT2D eigenvalue weighted by atomic mass is 32.2. The predicted molar refractivity (Wildman–Crippen MR) is 66.0 cm³/mol. The van der Waals surface area contributed by atoms with Crippen molar-refractivity contribution in [3.8, 4) is 0 Å². The van der Waals surface area contributed by atoms with Crippen LogP contribution in [0.3, 0.4) is 0 Å². The number of hydrogen-bond donors (Lipinski definition) is 1. The van der Waals surface area contributed by atoms with E-state index in [1.807, 2.05) is 0 Å². The second kappa shape index (κ2) is 4.85. The normalized spacial score (nSPS) is 32.3. The van der Waals surface area contributed by atoms with Crippen LogP contribution in [0.1, 0.15) is 13.3 Å². The number of thioether (sulfide) groups is 1. The highest BCUT2D eigenvalue weighted by Crippen LogP contribution is 2.39. The number of carbonyl (C=O) groups excluding carboxylic acids is 2. The third kappa shape index (κ3) is 2.10. The lowest BCUT2D eigenvalue weighted by Gasteiger charge is -2.34. The van der Waals surface area contributed by atoms with Crippen molar-refractivity contribution in [1.29, 1.82) is 0 Å². The number of β-lactam (4-membered cyclic amide) rings is 1.